The van der Waals surface area contributed by atoms with Crippen LogP contribution in [0.25, 0.3) is 0 Å². The van der Waals surface area contributed by atoms with E-state index in [4.69, 9.17) is 5.73 Å². The molecule has 5 nitrogen and oxygen atoms in total. The number of sulfonamides is 1. The quantitative estimate of drug-likeness (QED) is 0.922. The summed E-state index contributed by atoms with van der Waals surface area (Å²) in [6.45, 7) is 4.30. The molecule has 21 heavy (non-hydrogen) atoms. The molecule has 1 aromatic heterocycles. The summed E-state index contributed by atoms with van der Waals surface area (Å²) in [7, 11) is -2.03. The third-order valence-electron chi connectivity index (χ3n) is 3.45. The smallest absolute Gasteiger partial charge is 0.265 e. The zero-order valence-corrected chi connectivity index (χ0v) is 13.3. The molecule has 0 fully saturated rings. The summed E-state index contributed by atoms with van der Waals surface area (Å²) in [5, 5.41) is 0. The number of hydrogen-bond donors (Lipinski definition) is 1. The first-order valence-electron chi connectivity index (χ1n) is 6.82. The fourth-order valence-electron chi connectivity index (χ4n) is 2.22. The predicted octanol–water partition coefficient (Wildman–Crippen LogP) is 2.35. The van der Waals surface area contributed by atoms with Gasteiger partial charge in [-0.3, -0.25) is 4.31 Å². The van der Waals surface area contributed by atoms with E-state index in [1.807, 2.05) is 36.6 Å². The highest BCUT2D eigenvalue weighted by Crippen LogP contribution is 2.24. The van der Waals surface area contributed by atoms with Crippen LogP contribution in [0.2, 0.25) is 0 Å². The number of nitrogens with two attached hydrogens (primary N) is 1. The fraction of sp³-hybridized carbons (Fsp3) is 0.333. The van der Waals surface area contributed by atoms with Crippen LogP contribution in [0.3, 0.4) is 0 Å². The lowest BCUT2D eigenvalue weighted by atomic mass is 10.3. The van der Waals surface area contributed by atoms with Crippen molar-refractivity contribution in [3.05, 3.63) is 48.3 Å². The molecule has 0 aliphatic heterocycles. The molecule has 2 aromatic rings. The van der Waals surface area contributed by atoms with E-state index in [1.54, 1.807) is 31.4 Å². The molecular weight excluding hydrogens is 286 g/mol. The Balaban J connectivity index is 2.45. The number of hydrogen-bond acceptors (Lipinski definition) is 3. The van der Waals surface area contributed by atoms with Gasteiger partial charge in [0.1, 0.15) is 4.90 Å². The van der Waals surface area contributed by atoms with Crippen LogP contribution >= 0.6 is 0 Å². The second-order valence-corrected chi connectivity index (χ2v) is 7.15. The Morgan fingerprint density at radius 2 is 1.86 bits per heavy atom. The molecule has 0 radical (unpaired) electrons. The highest BCUT2D eigenvalue weighted by Gasteiger charge is 2.24. The summed E-state index contributed by atoms with van der Waals surface area (Å²) >= 11 is 0. The van der Waals surface area contributed by atoms with Crippen molar-refractivity contribution in [2.24, 2.45) is 5.73 Å². The van der Waals surface area contributed by atoms with Crippen molar-refractivity contribution in [3.63, 3.8) is 0 Å². The van der Waals surface area contributed by atoms with Crippen LogP contribution in [0.15, 0.2) is 47.5 Å². The molecule has 0 aliphatic rings. The highest BCUT2D eigenvalue weighted by molar-refractivity contribution is 7.92. The van der Waals surface area contributed by atoms with Gasteiger partial charge in [0.25, 0.3) is 10.0 Å². The zero-order valence-electron chi connectivity index (χ0n) is 12.5. The summed E-state index contributed by atoms with van der Waals surface area (Å²) < 4.78 is 28.6. The van der Waals surface area contributed by atoms with Crippen molar-refractivity contribution in [1.29, 1.82) is 0 Å². The van der Waals surface area contributed by atoms with Crippen molar-refractivity contribution >= 4 is 15.7 Å². The van der Waals surface area contributed by atoms with E-state index in [0.29, 0.717) is 12.2 Å². The Kier molecular flexibility index (Phi) is 4.39. The van der Waals surface area contributed by atoms with E-state index in [0.717, 1.165) is 5.69 Å². The zero-order chi connectivity index (χ0) is 15.6. The minimum Gasteiger partial charge on any atom is -0.346 e. The van der Waals surface area contributed by atoms with Gasteiger partial charge in [0.05, 0.1) is 5.69 Å². The first kappa shape index (κ1) is 15.6. The van der Waals surface area contributed by atoms with Gasteiger partial charge in [-0.25, -0.2) is 8.42 Å². The Morgan fingerprint density at radius 1 is 1.24 bits per heavy atom. The number of rotatable bonds is 5. The van der Waals surface area contributed by atoms with E-state index in [9.17, 15) is 8.42 Å². The number of nitrogens with zero attached hydrogens (tertiary/aromatic N) is 2. The van der Waals surface area contributed by atoms with E-state index >= 15 is 0 Å². The van der Waals surface area contributed by atoms with Gasteiger partial charge in [-0.1, -0.05) is 18.2 Å². The summed E-state index contributed by atoms with van der Waals surface area (Å²) in [5.41, 5.74) is 7.14. The minimum absolute atomic E-state index is 0.162. The molecule has 0 spiro atoms. The van der Waals surface area contributed by atoms with Crippen molar-refractivity contribution in [2.45, 2.75) is 31.3 Å². The highest BCUT2D eigenvalue weighted by atomic mass is 32.2. The van der Waals surface area contributed by atoms with Crippen molar-refractivity contribution < 1.29 is 8.42 Å². The first-order valence-corrected chi connectivity index (χ1v) is 8.26. The lowest BCUT2D eigenvalue weighted by molar-refractivity contribution is 0.572. The van der Waals surface area contributed by atoms with Crippen molar-refractivity contribution in [2.75, 3.05) is 11.4 Å². The molecule has 0 saturated heterocycles. The Labute approximate surface area is 126 Å². The number of anilines is 1. The van der Waals surface area contributed by atoms with Gasteiger partial charge in [0.15, 0.2) is 0 Å². The molecule has 0 bridgehead atoms. The van der Waals surface area contributed by atoms with Crippen LogP contribution < -0.4 is 10.0 Å². The topological polar surface area (TPSA) is 68.3 Å². The molecular formula is C15H21N3O2S. The molecule has 0 saturated carbocycles. The number of aromatic nitrogens is 1. The van der Waals surface area contributed by atoms with Gasteiger partial charge in [-0.05, 0) is 32.0 Å². The van der Waals surface area contributed by atoms with Crippen LogP contribution in [0.4, 0.5) is 5.69 Å². The Bertz CT molecular complexity index is 706. The normalized spacial score (nSPS) is 11.9. The van der Waals surface area contributed by atoms with E-state index in [-0.39, 0.29) is 10.9 Å². The molecule has 114 valence electrons. The molecule has 1 aromatic carbocycles. The molecule has 0 unspecified atom stereocenters. The van der Waals surface area contributed by atoms with Gasteiger partial charge in [0.2, 0.25) is 0 Å². The maximum absolute atomic E-state index is 12.7. The van der Waals surface area contributed by atoms with Crippen LogP contribution in [-0.2, 0) is 16.6 Å². The molecule has 1 heterocycles. The average molecular weight is 307 g/mol. The Morgan fingerprint density at radius 3 is 2.33 bits per heavy atom. The monoisotopic (exact) mass is 307 g/mol. The molecule has 2 N–H and O–H groups in total. The third-order valence-corrected chi connectivity index (χ3v) is 5.20. The van der Waals surface area contributed by atoms with Gasteiger partial charge in [-0.15, -0.1) is 0 Å². The van der Waals surface area contributed by atoms with Gasteiger partial charge in [-0.2, -0.15) is 0 Å². The van der Waals surface area contributed by atoms with E-state index < -0.39 is 10.0 Å². The second kappa shape index (κ2) is 5.91. The lowest BCUT2D eigenvalue weighted by Gasteiger charge is -2.18. The minimum atomic E-state index is -3.58. The summed E-state index contributed by atoms with van der Waals surface area (Å²) in [6.07, 6.45) is 1.65. The summed E-state index contributed by atoms with van der Waals surface area (Å²) in [6, 6.07) is 10.8. The molecule has 0 amide bonds. The van der Waals surface area contributed by atoms with Crippen LogP contribution in [0.5, 0.6) is 0 Å². The average Bonchev–Trinajstić information content (AvgIpc) is 2.92. The largest absolute Gasteiger partial charge is 0.346 e. The molecule has 6 heteroatoms. The van der Waals surface area contributed by atoms with Crippen LogP contribution in [0, 0.1) is 0 Å². The first-order chi connectivity index (χ1) is 9.87. The van der Waals surface area contributed by atoms with Crippen LogP contribution in [0.1, 0.15) is 25.6 Å². The van der Waals surface area contributed by atoms with Crippen LogP contribution in [-0.4, -0.2) is 20.0 Å². The van der Waals surface area contributed by atoms with Gasteiger partial charge in [0, 0.05) is 31.5 Å². The lowest BCUT2D eigenvalue weighted by Crippen LogP contribution is -2.26. The Hall–Kier alpha value is -1.79. The molecule has 2 rings (SSSR count). The standard InChI is InChI=1S/C15H21N3O2S/c1-12(2)18-11-15(9-14(18)10-16)21(19,20)17(3)13-7-5-4-6-8-13/h4-9,11-12H,10,16H2,1-3H3. The fourth-order valence-corrected chi connectivity index (χ4v) is 3.46. The maximum Gasteiger partial charge on any atom is 0.265 e. The van der Waals surface area contributed by atoms with Crippen molar-refractivity contribution in [3.8, 4) is 0 Å². The van der Waals surface area contributed by atoms with E-state index in [1.165, 1.54) is 4.31 Å². The van der Waals surface area contributed by atoms with Gasteiger partial charge >= 0.3 is 0 Å². The summed E-state index contributed by atoms with van der Waals surface area (Å²) in [4.78, 5) is 0.267. The van der Waals surface area contributed by atoms with Gasteiger partial charge < -0.3 is 10.3 Å². The second-order valence-electron chi connectivity index (χ2n) is 5.18. The number of benzene rings is 1. The molecule has 0 aliphatic carbocycles. The number of para-hydroxylation sites is 1. The van der Waals surface area contributed by atoms with Crippen molar-refractivity contribution in [1.82, 2.24) is 4.57 Å². The summed E-state index contributed by atoms with van der Waals surface area (Å²) in [5.74, 6) is 0. The predicted molar refractivity (Wildman–Crippen MR) is 84.7 cm³/mol. The molecule has 0 atom stereocenters. The third kappa shape index (κ3) is 2.96. The SMILES string of the molecule is CC(C)n1cc(S(=O)(=O)N(C)c2ccccc2)cc1CN. The maximum atomic E-state index is 12.7. The van der Waals surface area contributed by atoms with E-state index in [2.05, 4.69) is 0 Å².